The Morgan fingerprint density at radius 3 is 1.95 bits per heavy atom. The van der Waals surface area contributed by atoms with Crippen LogP contribution in [0.15, 0.2) is 12.0 Å². The maximum absolute atomic E-state index is 12.2. The predicted octanol–water partition coefficient (Wildman–Crippen LogP) is 3.14. The molecule has 0 aromatic carbocycles. The molecule has 0 aromatic rings. The third kappa shape index (κ3) is 8.66. The van der Waals surface area contributed by atoms with E-state index in [1.54, 1.807) is 6.92 Å². The van der Waals surface area contributed by atoms with Crippen molar-refractivity contribution in [2.75, 3.05) is 26.5 Å². The summed E-state index contributed by atoms with van der Waals surface area (Å²) in [6.07, 6.45) is -2.14. The zero-order valence-electron chi connectivity index (χ0n) is 11.1. The van der Waals surface area contributed by atoms with Crippen LogP contribution in [-0.4, -0.2) is 38.6 Å². The molecule has 2 aliphatic heterocycles. The van der Waals surface area contributed by atoms with E-state index in [2.05, 4.69) is 18.9 Å². The average Bonchev–Trinajstić information content (AvgIpc) is 2.89. The summed E-state index contributed by atoms with van der Waals surface area (Å²) in [4.78, 5) is 0. The van der Waals surface area contributed by atoms with E-state index in [0.29, 0.717) is 13.2 Å². The van der Waals surface area contributed by atoms with Gasteiger partial charge in [-0.15, -0.1) is 0 Å². The highest BCUT2D eigenvalue weighted by molar-refractivity contribution is 4.87. The van der Waals surface area contributed by atoms with Crippen LogP contribution in [0.1, 0.15) is 20.8 Å². The number of halogens is 4. The van der Waals surface area contributed by atoms with E-state index in [4.69, 9.17) is 0 Å². The molecule has 0 radical (unpaired) electrons. The van der Waals surface area contributed by atoms with Crippen LogP contribution in [0, 0.1) is 0 Å². The van der Waals surface area contributed by atoms with Crippen LogP contribution in [0.5, 0.6) is 0 Å². The Labute approximate surface area is 109 Å². The number of ether oxygens (including phenoxy) is 4. The van der Waals surface area contributed by atoms with Crippen molar-refractivity contribution in [1.82, 2.24) is 0 Å². The van der Waals surface area contributed by atoms with Crippen LogP contribution in [0.3, 0.4) is 0 Å². The van der Waals surface area contributed by atoms with E-state index in [1.807, 2.05) is 0 Å². The van der Waals surface area contributed by atoms with E-state index >= 15 is 0 Å². The lowest BCUT2D eigenvalue weighted by Crippen LogP contribution is -2.16. The zero-order valence-corrected chi connectivity index (χ0v) is 11.1. The minimum atomic E-state index is -1.89. The third-order valence-electron chi connectivity index (χ3n) is 1.71. The fraction of sp³-hybridized carbons (Fsp3) is 0.818. The van der Waals surface area contributed by atoms with Crippen molar-refractivity contribution in [2.45, 2.75) is 32.9 Å². The highest BCUT2D eigenvalue weighted by atomic mass is 19.3. The second-order valence-electron chi connectivity index (χ2n) is 3.59. The Morgan fingerprint density at radius 1 is 1.32 bits per heavy atom. The number of rotatable bonds is 0. The van der Waals surface area contributed by atoms with Crippen molar-refractivity contribution in [3.63, 3.8) is 0 Å². The van der Waals surface area contributed by atoms with Gasteiger partial charge in [0.1, 0.15) is 12.7 Å². The van der Waals surface area contributed by atoms with Gasteiger partial charge in [0.25, 0.3) is 0 Å². The zero-order chi connectivity index (χ0) is 14.9. The Balaban J connectivity index is 0.000000289. The van der Waals surface area contributed by atoms with Crippen LogP contribution >= 0.6 is 0 Å². The lowest BCUT2D eigenvalue weighted by Gasteiger charge is -2.08. The van der Waals surface area contributed by atoms with E-state index in [0.717, 1.165) is 0 Å². The molecule has 0 spiro atoms. The van der Waals surface area contributed by atoms with Gasteiger partial charge in [0.05, 0.1) is 19.9 Å². The van der Waals surface area contributed by atoms with Gasteiger partial charge in [-0.2, -0.15) is 13.2 Å². The molecule has 2 aliphatic rings. The number of alkyl halides is 2. The van der Waals surface area contributed by atoms with Gasteiger partial charge < -0.3 is 18.9 Å². The average molecular weight is 290 g/mol. The van der Waals surface area contributed by atoms with Crippen LogP contribution in [0.2, 0.25) is 0 Å². The molecule has 0 aromatic heterocycles. The molecule has 19 heavy (non-hydrogen) atoms. The predicted molar refractivity (Wildman–Crippen MR) is 58.8 cm³/mol. The summed E-state index contributed by atoms with van der Waals surface area (Å²) in [5.41, 5.74) is 0. The van der Waals surface area contributed by atoms with Gasteiger partial charge >= 0.3 is 18.1 Å². The molecule has 1 atom stereocenters. The van der Waals surface area contributed by atoms with E-state index in [9.17, 15) is 17.6 Å². The van der Waals surface area contributed by atoms with Gasteiger partial charge in [0.15, 0.2) is 0 Å². The smallest absolute Gasteiger partial charge is 0.350 e. The summed E-state index contributed by atoms with van der Waals surface area (Å²) in [5, 5.41) is 0. The lowest BCUT2D eigenvalue weighted by molar-refractivity contribution is -0.238. The molecule has 2 heterocycles. The number of hydrogen-bond acceptors (Lipinski definition) is 4. The molecule has 8 heteroatoms. The quantitative estimate of drug-likeness (QED) is 0.642. The molecule has 0 saturated carbocycles. The first-order valence-electron chi connectivity index (χ1n) is 5.70. The van der Waals surface area contributed by atoms with Crippen molar-refractivity contribution in [2.24, 2.45) is 0 Å². The monoisotopic (exact) mass is 290 g/mol. The summed E-state index contributed by atoms with van der Waals surface area (Å²) in [5.74, 6) is -0.623. The van der Waals surface area contributed by atoms with E-state index in [-0.39, 0.29) is 19.4 Å². The summed E-state index contributed by atoms with van der Waals surface area (Å²) in [7, 11) is 0. The second kappa shape index (κ2) is 8.98. The molecular formula is C11H18F4O4. The molecule has 0 aliphatic carbocycles. The van der Waals surface area contributed by atoms with Gasteiger partial charge in [0, 0.05) is 6.92 Å². The molecule has 114 valence electrons. The first kappa shape index (κ1) is 18.0. The first-order valence-corrected chi connectivity index (χ1v) is 5.70. The maximum Gasteiger partial charge on any atom is 0.350 e. The topological polar surface area (TPSA) is 36.9 Å². The van der Waals surface area contributed by atoms with E-state index < -0.39 is 18.1 Å². The van der Waals surface area contributed by atoms with Crippen LogP contribution in [-0.2, 0) is 18.9 Å². The summed E-state index contributed by atoms with van der Waals surface area (Å²) in [6.45, 7) is 5.07. The highest BCUT2D eigenvalue weighted by Gasteiger charge is 2.29. The second-order valence-corrected chi connectivity index (χ2v) is 3.59. The Bertz CT molecular complexity index is 272. The van der Waals surface area contributed by atoms with Crippen molar-refractivity contribution < 1.29 is 36.5 Å². The van der Waals surface area contributed by atoms with Crippen LogP contribution in [0.25, 0.3) is 0 Å². The highest BCUT2D eigenvalue weighted by Crippen LogP contribution is 2.19. The fourth-order valence-electron chi connectivity index (χ4n) is 1.03. The van der Waals surface area contributed by atoms with Gasteiger partial charge in [-0.05, 0) is 13.8 Å². The van der Waals surface area contributed by atoms with Crippen molar-refractivity contribution in [1.29, 1.82) is 0 Å². The van der Waals surface area contributed by atoms with Gasteiger partial charge in [-0.25, -0.2) is 0 Å². The van der Waals surface area contributed by atoms with Gasteiger partial charge in [0.2, 0.25) is 0 Å². The fourth-order valence-corrected chi connectivity index (χ4v) is 1.03. The summed E-state index contributed by atoms with van der Waals surface area (Å²) >= 11 is 0. The summed E-state index contributed by atoms with van der Waals surface area (Å²) < 4.78 is 63.4. The number of hydrogen-bond donors (Lipinski definition) is 0. The molecule has 2 rings (SSSR count). The molecular weight excluding hydrogens is 272 g/mol. The first-order chi connectivity index (χ1) is 8.82. The van der Waals surface area contributed by atoms with Gasteiger partial charge in [-0.1, -0.05) is 0 Å². The Hall–Kier alpha value is -1.02. The molecule has 1 unspecified atom stereocenters. The Morgan fingerprint density at radius 2 is 1.79 bits per heavy atom. The summed E-state index contributed by atoms with van der Waals surface area (Å²) in [6, 6.07) is -1.81. The Kier molecular flexibility index (Phi) is 8.49. The normalized spacial score (nSPS) is 23.3. The molecule has 0 N–H and O–H groups in total. The largest absolute Gasteiger partial charge is 0.458 e. The molecule has 2 fully saturated rings. The minimum Gasteiger partial charge on any atom is -0.458 e. The van der Waals surface area contributed by atoms with E-state index in [1.165, 1.54) is 13.8 Å². The van der Waals surface area contributed by atoms with Crippen LogP contribution in [0.4, 0.5) is 17.6 Å². The van der Waals surface area contributed by atoms with Crippen molar-refractivity contribution in [3.8, 4) is 0 Å². The lowest BCUT2D eigenvalue weighted by atomic mass is 10.5. The SMILES string of the molecule is CC1(F)OCCO1.CC1COC(=C(F)F)O1.CCF. The van der Waals surface area contributed by atoms with Gasteiger partial charge in [-0.3, -0.25) is 4.39 Å². The molecule has 4 nitrogen and oxygen atoms in total. The maximum atomic E-state index is 12.2. The standard InChI is InChI=1S/C5H6F2O2.C4H7FO2.C2H5F/c1-3-2-8-5(9-3)4(6)7;1-4(5)6-2-3-7-4;1-2-3/h3H,2H2,1H3;2-3H2,1H3;2H2,1H3. The van der Waals surface area contributed by atoms with Crippen molar-refractivity contribution >= 4 is 0 Å². The van der Waals surface area contributed by atoms with Crippen LogP contribution < -0.4 is 0 Å². The molecule has 0 bridgehead atoms. The molecule has 2 saturated heterocycles. The molecule has 0 amide bonds. The third-order valence-corrected chi connectivity index (χ3v) is 1.71. The van der Waals surface area contributed by atoms with Crippen molar-refractivity contribution in [3.05, 3.63) is 12.0 Å². The minimum absolute atomic E-state index is 0.215.